The topological polar surface area (TPSA) is 87.7 Å². The highest BCUT2D eigenvalue weighted by Crippen LogP contribution is 2.57. The first kappa shape index (κ1) is 26.5. The van der Waals surface area contributed by atoms with E-state index in [9.17, 15) is 14.7 Å². The zero-order chi connectivity index (χ0) is 26.5. The van der Waals surface area contributed by atoms with E-state index in [1.807, 2.05) is 24.3 Å². The number of halogens is 2. The largest absolute Gasteiger partial charge is 0.425 e. The predicted molar refractivity (Wildman–Crippen MR) is 144 cm³/mol. The zero-order valence-corrected chi connectivity index (χ0v) is 22.9. The Morgan fingerprint density at radius 3 is 2.49 bits per heavy atom. The summed E-state index contributed by atoms with van der Waals surface area (Å²) < 4.78 is 5.89. The van der Waals surface area contributed by atoms with E-state index >= 15 is 0 Å². The molecule has 1 saturated heterocycles. The molecule has 3 N–H and O–H groups in total. The summed E-state index contributed by atoms with van der Waals surface area (Å²) in [6, 6.07) is 11.6. The van der Waals surface area contributed by atoms with Crippen LogP contribution in [-0.4, -0.2) is 41.2 Å². The van der Waals surface area contributed by atoms with Gasteiger partial charge in [-0.25, -0.2) is 0 Å². The number of hydrogen-bond donors (Lipinski definition) is 3. The molecule has 5 rings (SSSR count). The maximum Gasteiger partial charge on any atom is 0.324 e. The predicted octanol–water partition coefficient (Wildman–Crippen LogP) is 5.13. The number of carbonyl (C=O) groups is 2. The summed E-state index contributed by atoms with van der Waals surface area (Å²) in [4.78, 5) is 28.0. The minimum atomic E-state index is -1.14. The smallest absolute Gasteiger partial charge is 0.324 e. The molecular weight excluding hydrogens is 511 g/mol. The van der Waals surface area contributed by atoms with Crippen molar-refractivity contribution in [3.05, 3.63) is 63.6 Å². The highest BCUT2D eigenvalue weighted by Gasteiger charge is 2.67. The number of rotatable bonds is 4. The van der Waals surface area contributed by atoms with E-state index in [0.717, 1.165) is 24.0 Å². The highest BCUT2D eigenvalue weighted by atomic mass is 35.5. The van der Waals surface area contributed by atoms with Gasteiger partial charge in [0, 0.05) is 33.6 Å². The van der Waals surface area contributed by atoms with Crippen LogP contribution < -0.4 is 15.4 Å². The molecule has 4 unspecified atom stereocenters. The number of hydrogen-bond acceptors (Lipinski definition) is 5. The lowest BCUT2D eigenvalue weighted by Crippen LogP contribution is -2.49. The van der Waals surface area contributed by atoms with Crippen LogP contribution in [0.5, 0.6) is 5.75 Å². The van der Waals surface area contributed by atoms with E-state index in [4.69, 9.17) is 27.9 Å². The van der Waals surface area contributed by atoms with E-state index in [0.29, 0.717) is 35.1 Å². The van der Waals surface area contributed by atoms with Gasteiger partial charge >= 0.3 is 5.97 Å². The van der Waals surface area contributed by atoms with Crippen molar-refractivity contribution in [1.82, 2.24) is 10.6 Å². The van der Waals surface area contributed by atoms with Crippen LogP contribution in [0.25, 0.3) is 0 Å². The van der Waals surface area contributed by atoms with Gasteiger partial charge in [-0.1, -0.05) is 62.2 Å². The van der Waals surface area contributed by atoms with Gasteiger partial charge in [-0.3, -0.25) is 9.59 Å². The fraction of sp³-hybridized carbons (Fsp3) is 0.517. The second kappa shape index (κ2) is 9.88. The Bertz CT molecular complexity index is 1200. The molecule has 2 heterocycles. The van der Waals surface area contributed by atoms with Crippen LogP contribution in [0.2, 0.25) is 10.0 Å². The summed E-state index contributed by atoms with van der Waals surface area (Å²) in [5.41, 5.74) is 0.270. The molecule has 6 nitrogen and oxygen atoms in total. The van der Waals surface area contributed by atoms with Crippen LogP contribution in [0.15, 0.2) is 42.5 Å². The van der Waals surface area contributed by atoms with Crippen molar-refractivity contribution in [3.8, 4) is 5.75 Å². The Balaban J connectivity index is 1.64. The lowest BCUT2D eigenvalue weighted by molar-refractivity contribution is -0.139. The lowest BCUT2D eigenvalue weighted by atomic mass is 9.62. The second-order valence-electron chi connectivity index (χ2n) is 11.9. The first-order chi connectivity index (χ1) is 17.5. The third-order valence-electron chi connectivity index (χ3n) is 8.03. The maximum atomic E-state index is 14.0. The molecule has 0 bridgehead atoms. The van der Waals surface area contributed by atoms with E-state index in [1.54, 1.807) is 18.2 Å². The molecule has 3 aliphatic rings. The molecule has 37 heavy (non-hydrogen) atoms. The Hall–Kier alpha value is -2.12. The molecule has 8 heteroatoms. The minimum Gasteiger partial charge on any atom is -0.425 e. The van der Waals surface area contributed by atoms with Crippen molar-refractivity contribution in [2.75, 3.05) is 0 Å². The maximum absolute atomic E-state index is 14.0. The van der Waals surface area contributed by atoms with Gasteiger partial charge in [-0.15, -0.1) is 0 Å². The van der Waals surface area contributed by atoms with Crippen molar-refractivity contribution < 1.29 is 19.4 Å². The molecule has 198 valence electrons. The standard InChI is InChI=1S/C29H34Cl2N2O4/c1-28(2,3)15-23-29(21-12-7-18(31)14-22(21)37-27(29)36)24(16-5-4-6-17(30)13-16)25(33-23)26(35)32-19-8-10-20(34)11-9-19/h4-7,12-14,19-20,23-25,33-34H,8-11,15H2,1-3H3,(H,32,35). The molecule has 2 aromatic rings. The first-order valence-corrected chi connectivity index (χ1v) is 13.8. The minimum absolute atomic E-state index is 0.0167. The molecule has 1 spiro atoms. The van der Waals surface area contributed by atoms with E-state index < -0.39 is 17.4 Å². The number of esters is 1. The Kier molecular flexibility index (Phi) is 7.07. The van der Waals surface area contributed by atoms with Gasteiger partial charge in [0.05, 0.1) is 12.1 Å². The van der Waals surface area contributed by atoms with Crippen LogP contribution in [0.3, 0.4) is 0 Å². The fourth-order valence-electron chi connectivity index (χ4n) is 6.49. The molecule has 0 radical (unpaired) electrons. The van der Waals surface area contributed by atoms with E-state index in [1.165, 1.54) is 0 Å². The molecule has 2 aliphatic heterocycles. The highest BCUT2D eigenvalue weighted by molar-refractivity contribution is 6.31. The molecule has 1 amide bonds. The van der Waals surface area contributed by atoms with Crippen LogP contribution in [0.1, 0.15) is 69.9 Å². The van der Waals surface area contributed by atoms with Gasteiger partial charge in [-0.2, -0.15) is 0 Å². The number of aliphatic hydroxyl groups is 1. The van der Waals surface area contributed by atoms with Crippen molar-refractivity contribution in [2.45, 2.75) is 88.4 Å². The number of aliphatic hydroxyl groups excluding tert-OH is 1. The summed E-state index contributed by atoms with van der Waals surface area (Å²) >= 11 is 12.7. The summed E-state index contributed by atoms with van der Waals surface area (Å²) in [6.07, 6.45) is 3.10. The van der Waals surface area contributed by atoms with Gasteiger partial charge in [-0.05, 0) is 67.3 Å². The van der Waals surface area contributed by atoms with Gasteiger partial charge in [0.1, 0.15) is 11.2 Å². The Morgan fingerprint density at radius 2 is 1.81 bits per heavy atom. The van der Waals surface area contributed by atoms with Crippen LogP contribution in [0, 0.1) is 5.41 Å². The number of ether oxygens (including phenoxy) is 1. The Morgan fingerprint density at radius 1 is 1.11 bits per heavy atom. The summed E-state index contributed by atoms with van der Waals surface area (Å²) in [7, 11) is 0. The van der Waals surface area contributed by atoms with Crippen molar-refractivity contribution in [2.24, 2.45) is 5.41 Å². The van der Waals surface area contributed by atoms with Crippen molar-refractivity contribution >= 4 is 35.1 Å². The normalized spacial score (nSPS) is 31.3. The second-order valence-corrected chi connectivity index (χ2v) is 12.8. The summed E-state index contributed by atoms with van der Waals surface area (Å²) in [6.45, 7) is 6.38. The van der Waals surface area contributed by atoms with E-state index in [-0.39, 0.29) is 35.5 Å². The molecule has 2 fully saturated rings. The Labute approximate surface area is 228 Å². The first-order valence-electron chi connectivity index (χ1n) is 13.0. The average Bonchev–Trinajstić information content (AvgIpc) is 3.29. The van der Waals surface area contributed by atoms with Crippen molar-refractivity contribution in [1.29, 1.82) is 0 Å². The molecule has 1 aliphatic carbocycles. The molecule has 0 aromatic heterocycles. The van der Waals surface area contributed by atoms with Gasteiger partial charge < -0.3 is 20.5 Å². The number of carbonyl (C=O) groups excluding carboxylic acids is 2. The molecule has 2 aromatic carbocycles. The third-order valence-corrected chi connectivity index (χ3v) is 8.50. The van der Waals surface area contributed by atoms with Gasteiger partial charge in [0.25, 0.3) is 0 Å². The van der Waals surface area contributed by atoms with E-state index in [2.05, 4.69) is 31.4 Å². The quantitative estimate of drug-likeness (QED) is 0.366. The van der Waals surface area contributed by atoms with Crippen LogP contribution >= 0.6 is 23.2 Å². The molecule has 4 atom stereocenters. The number of nitrogens with one attached hydrogen (secondary N) is 2. The third kappa shape index (κ3) is 4.89. The summed E-state index contributed by atoms with van der Waals surface area (Å²) in [5, 5.41) is 17.7. The monoisotopic (exact) mass is 544 g/mol. The van der Waals surface area contributed by atoms with Gasteiger partial charge in [0.15, 0.2) is 0 Å². The van der Waals surface area contributed by atoms with Crippen LogP contribution in [-0.2, 0) is 15.0 Å². The number of benzene rings is 2. The number of fused-ring (bicyclic) bond motifs is 2. The van der Waals surface area contributed by atoms with Crippen molar-refractivity contribution in [3.63, 3.8) is 0 Å². The SMILES string of the molecule is CC(C)(C)CC1NC(C(=O)NC2CCC(O)CC2)C(c2cccc(Cl)c2)C12C(=O)Oc1cc(Cl)ccc12. The summed E-state index contributed by atoms with van der Waals surface area (Å²) in [5.74, 6) is -0.653. The average molecular weight is 546 g/mol. The molecule has 1 saturated carbocycles. The lowest BCUT2D eigenvalue weighted by Gasteiger charge is -2.36. The fourth-order valence-corrected chi connectivity index (χ4v) is 6.85. The molecular formula is C29H34Cl2N2O4. The number of amides is 1. The zero-order valence-electron chi connectivity index (χ0n) is 21.4. The van der Waals surface area contributed by atoms with Crippen LogP contribution in [0.4, 0.5) is 0 Å². The van der Waals surface area contributed by atoms with Gasteiger partial charge in [0.2, 0.25) is 5.91 Å².